The maximum atomic E-state index is 12.9. The second-order valence-electron chi connectivity index (χ2n) is 8.33. The second-order valence-corrected chi connectivity index (χ2v) is 8.33. The number of hydrogen-bond donors (Lipinski definition) is 1. The van der Waals surface area contributed by atoms with E-state index in [4.69, 9.17) is 4.98 Å². The van der Waals surface area contributed by atoms with Crippen LogP contribution >= 0.6 is 0 Å². The van der Waals surface area contributed by atoms with Crippen molar-refractivity contribution in [3.63, 3.8) is 0 Å². The first-order valence-electron chi connectivity index (χ1n) is 9.89. The zero-order valence-electron chi connectivity index (χ0n) is 15.1. The molecule has 1 atom stereocenters. The summed E-state index contributed by atoms with van der Waals surface area (Å²) in [7, 11) is 0. The maximum Gasteiger partial charge on any atom is 0.245 e. The minimum Gasteiger partial charge on any atom is -0.328 e. The van der Waals surface area contributed by atoms with Gasteiger partial charge in [0.25, 0.3) is 0 Å². The molecule has 2 fully saturated rings. The number of benzene rings is 1. The number of nitriles is 1. The molecule has 1 aromatic heterocycles. The highest BCUT2D eigenvalue weighted by Gasteiger charge is 2.72. The van der Waals surface area contributed by atoms with E-state index in [1.165, 1.54) is 19.3 Å². The number of nitrogens with one attached hydrogen (secondary N) is 1. The summed E-state index contributed by atoms with van der Waals surface area (Å²) in [6.45, 7) is 1.03. The van der Waals surface area contributed by atoms with Crippen molar-refractivity contribution in [2.24, 2.45) is 10.8 Å². The van der Waals surface area contributed by atoms with E-state index < -0.39 is 5.41 Å². The van der Waals surface area contributed by atoms with E-state index in [-0.39, 0.29) is 11.3 Å². The Hall–Kier alpha value is -2.35. The number of aromatic nitrogens is 2. The van der Waals surface area contributed by atoms with Crippen molar-refractivity contribution in [2.45, 2.75) is 64.3 Å². The van der Waals surface area contributed by atoms with Gasteiger partial charge in [-0.2, -0.15) is 5.26 Å². The van der Waals surface area contributed by atoms with Gasteiger partial charge in [-0.1, -0.05) is 19.3 Å². The molecule has 5 heteroatoms. The van der Waals surface area contributed by atoms with Gasteiger partial charge in [0.1, 0.15) is 11.2 Å². The van der Waals surface area contributed by atoms with Gasteiger partial charge >= 0.3 is 0 Å². The first-order chi connectivity index (χ1) is 12.7. The Bertz CT molecular complexity index is 931. The SMILES string of the molecule is N#C[C@@]1(C(=O)Nc2ccc3c(c2)nc2n3CCCCC2)CC12CCCC2. The van der Waals surface area contributed by atoms with Gasteiger partial charge in [0, 0.05) is 24.1 Å². The lowest BCUT2D eigenvalue weighted by Crippen LogP contribution is -2.27. The van der Waals surface area contributed by atoms with Crippen molar-refractivity contribution in [1.29, 1.82) is 5.26 Å². The van der Waals surface area contributed by atoms with E-state index in [9.17, 15) is 10.1 Å². The molecule has 1 aromatic carbocycles. The number of anilines is 1. The summed E-state index contributed by atoms with van der Waals surface area (Å²) in [4.78, 5) is 17.7. The van der Waals surface area contributed by atoms with E-state index in [0.717, 1.165) is 67.6 Å². The molecule has 0 bridgehead atoms. The van der Waals surface area contributed by atoms with Crippen molar-refractivity contribution in [3.8, 4) is 6.07 Å². The van der Waals surface area contributed by atoms with Gasteiger partial charge in [0.2, 0.25) is 5.91 Å². The normalized spacial score (nSPS) is 26.3. The first-order valence-corrected chi connectivity index (χ1v) is 9.89. The quantitative estimate of drug-likeness (QED) is 0.885. The summed E-state index contributed by atoms with van der Waals surface area (Å²) in [5, 5.41) is 12.7. The molecule has 2 aromatic rings. The summed E-state index contributed by atoms with van der Waals surface area (Å²) in [6, 6.07) is 8.33. The van der Waals surface area contributed by atoms with Crippen molar-refractivity contribution in [2.75, 3.05) is 5.32 Å². The standard InChI is InChI=1S/C21H24N4O/c22-14-21(13-20(21)9-3-4-10-20)19(26)23-15-7-8-17-16(12-15)24-18-6-2-1-5-11-25(17)18/h7-8,12H,1-6,9-11,13H2,(H,23,26)/t21-/m1/s1. The zero-order valence-corrected chi connectivity index (χ0v) is 15.1. The molecule has 2 saturated carbocycles. The Kier molecular flexibility index (Phi) is 3.40. The molecule has 2 aliphatic carbocycles. The second kappa shape index (κ2) is 5.57. The highest BCUT2D eigenvalue weighted by molar-refractivity contribution is 6.01. The molecule has 3 aliphatic rings. The average molecular weight is 348 g/mol. The van der Waals surface area contributed by atoms with Crippen LogP contribution in [-0.2, 0) is 17.8 Å². The van der Waals surface area contributed by atoms with Crippen molar-refractivity contribution < 1.29 is 4.79 Å². The van der Waals surface area contributed by atoms with E-state index in [1.54, 1.807) is 0 Å². The van der Waals surface area contributed by atoms with Gasteiger partial charge in [0.05, 0.1) is 17.1 Å². The first kappa shape index (κ1) is 15.9. The highest BCUT2D eigenvalue weighted by Crippen LogP contribution is 2.71. The van der Waals surface area contributed by atoms with Crippen LogP contribution in [0.3, 0.4) is 0 Å². The van der Waals surface area contributed by atoms with E-state index in [2.05, 4.69) is 22.0 Å². The third-order valence-electron chi connectivity index (χ3n) is 6.89. The van der Waals surface area contributed by atoms with E-state index >= 15 is 0 Å². The van der Waals surface area contributed by atoms with Gasteiger partial charge in [-0.25, -0.2) is 4.98 Å². The summed E-state index contributed by atoms with van der Waals surface area (Å²) in [5.74, 6) is 1.03. The van der Waals surface area contributed by atoms with Gasteiger partial charge in [-0.3, -0.25) is 4.79 Å². The Balaban J connectivity index is 1.42. The largest absolute Gasteiger partial charge is 0.328 e. The van der Waals surface area contributed by atoms with Crippen LogP contribution in [0.2, 0.25) is 0 Å². The molecule has 5 nitrogen and oxygen atoms in total. The number of imidazole rings is 1. The maximum absolute atomic E-state index is 12.9. The predicted molar refractivity (Wildman–Crippen MR) is 99.5 cm³/mol. The lowest BCUT2D eigenvalue weighted by Gasteiger charge is -2.15. The molecular formula is C21H24N4O. The van der Waals surface area contributed by atoms with Gasteiger partial charge in [0.15, 0.2) is 0 Å². The molecule has 134 valence electrons. The van der Waals surface area contributed by atoms with Gasteiger partial charge in [-0.05, 0) is 50.3 Å². The third kappa shape index (κ3) is 2.14. The molecule has 26 heavy (non-hydrogen) atoms. The minimum absolute atomic E-state index is 0.0539. The fourth-order valence-electron chi connectivity index (χ4n) is 5.31. The molecule has 1 aliphatic heterocycles. The van der Waals surface area contributed by atoms with Crippen LogP contribution < -0.4 is 5.32 Å². The monoisotopic (exact) mass is 348 g/mol. The summed E-state index contributed by atoms with van der Waals surface area (Å²) in [5.41, 5.74) is 1.97. The molecule has 1 amide bonds. The number of carbonyl (C=O) groups excluding carboxylic acids is 1. The topological polar surface area (TPSA) is 70.7 Å². The van der Waals surface area contributed by atoms with Crippen molar-refractivity contribution >= 4 is 22.6 Å². The van der Waals surface area contributed by atoms with Gasteiger partial charge in [-0.15, -0.1) is 0 Å². The highest BCUT2D eigenvalue weighted by atomic mass is 16.2. The zero-order chi connectivity index (χ0) is 17.8. The van der Waals surface area contributed by atoms with E-state index in [1.807, 2.05) is 12.1 Å². The Morgan fingerprint density at radius 1 is 1.19 bits per heavy atom. The van der Waals surface area contributed by atoms with Gasteiger partial charge < -0.3 is 9.88 Å². The third-order valence-corrected chi connectivity index (χ3v) is 6.89. The number of fused-ring (bicyclic) bond motifs is 3. The Morgan fingerprint density at radius 2 is 2.04 bits per heavy atom. The Morgan fingerprint density at radius 3 is 2.85 bits per heavy atom. The van der Waals surface area contributed by atoms with Crippen LogP contribution in [0.15, 0.2) is 18.2 Å². The number of hydrogen-bond acceptors (Lipinski definition) is 3. The lowest BCUT2D eigenvalue weighted by molar-refractivity contribution is -0.120. The fraction of sp³-hybridized carbons (Fsp3) is 0.571. The number of aryl methyl sites for hydroxylation is 2. The average Bonchev–Trinajstić information content (AvgIpc) is 2.95. The summed E-state index contributed by atoms with van der Waals surface area (Å²) >= 11 is 0. The molecule has 0 radical (unpaired) electrons. The number of carbonyl (C=O) groups is 1. The van der Waals surface area contributed by atoms with Crippen molar-refractivity contribution in [3.05, 3.63) is 24.0 Å². The number of rotatable bonds is 2. The minimum atomic E-state index is -0.816. The van der Waals surface area contributed by atoms with Crippen LogP contribution in [0, 0.1) is 22.2 Å². The molecule has 0 saturated heterocycles. The van der Waals surface area contributed by atoms with Crippen molar-refractivity contribution in [1.82, 2.24) is 9.55 Å². The van der Waals surface area contributed by atoms with Crippen LogP contribution in [0.1, 0.15) is 57.2 Å². The van der Waals surface area contributed by atoms with Crippen LogP contribution in [0.4, 0.5) is 5.69 Å². The van der Waals surface area contributed by atoms with Crippen LogP contribution in [-0.4, -0.2) is 15.5 Å². The number of amides is 1. The molecule has 2 heterocycles. The predicted octanol–water partition coefficient (Wildman–Crippen LogP) is 4.18. The lowest BCUT2D eigenvalue weighted by atomic mass is 9.91. The summed E-state index contributed by atoms with van der Waals surface area (Å²) in [6.07, 6.45) is 9.72. The smallest absolute Gasteiger partial charge is 0.245 e. The Labute approximate surface area is 153 Å². The molecule has 0 unspecified atom stereocenters. The molecule has 1 spiro atoms. The number of nitrogens with zero attached hydrogens (tertiary/aromatic N) is 3. The van der Waals surface area contributed by atoms with Crippen LogP contribution in [0.5, 0.6) is 0 Å². The van der Waals surface area contributed by atoms with Crippen LogP contribution in [0.25, 0.3) is 11.0 Å². The molecule has 1 N–H and O–H groups in total. The molecule has 5 rings (SSSR count). The summed E-state index contributed by atoms with van der Waals surface area (Å²) < 4.78 is 2.32. The van der Waals surface area contributed by atoms with E-state index in [0.29, 0.717) is 0 Å². The fourth-order valence-corrected chi connectivity index (χ4v) is 5.31. The molecular weight excluding hydrogens is 324 g/mol.